The maximum Gasteiger partial charge on any atom is 0.125 e. The zero-order valence-electron chi connectivity index (χ0n) is 9.05. The standard InChI is InChI=1S/C11H12FN3O/c1-7-3-4-9(12)5-11(7)15-6-10(8(2)16)13-14-15/h3-6,8,16H,1-2H3. The number of halogens is 1. The van der Waals surface area contributed by atoms with Crippen molar-refractivity contribution in [2.45, 2.75) is 20.0 Å². The summed E-state index contributed by atoms with van der Waals surface area (Å²) in [5.41, 5.74) is 1.98. The quantitative estimate of drug-likeness (QED) is 0.840. The van der Waals surface area contributed by atoms with Gasteiger partial charge in [0, 0.05) is 0 Å². The fourth-order valence-electron chi connectivity index (χ4n) is 1.42. The van der Waals surface area contributed by atoms with Crippen LogP contribution < -0.4 is 0 Å². The molecule has 1 N–H and O–H groups in total. The average Bonchev–Trinajstić information content (AvgIpc) is 2.70. The molecule has 0 fully saturated rings. The number of aliphatic hydroxyl groups excluding tert-OH is 1. The van der Waals surface area contributed by atoms with Crippen LogP contribution in [0.25, 0.3) is 5.69 Å². The van der Waals surface area contributed by atoms with Crippen molar-refractivity contribution in [3.05, 3.63) is 41.5 Å². The SMILES string of the molecule is Cc1ccc(F)cc1-n1cc(C(C)O)nn1. The van der Waals surface area contributed by atoms with Gasteiger partial charge in [-0.25, -0.2) is 9.07 Å². The number of benzene rings is 1. The number of rotatable bonds is 2. The van der Waals surface area contributed by atoms with E-state index in [-0.39, 0.29) is 5.82 Å². The lowest BCUT2D eigenvalue weighted by atomic mass is 10.2. The Morgan fingerprint density at radius 2 is 2.19 bits per heavy atom. The van der Waals surface area contributed by atoms with Crippen LogP contribution in [0.2, 0.25) is 0 Å². The zero-order valence-corrected chi connectivity index (χ0v) is 9.05. The molecule has 5 heteroatoms. The van der Waals surface area contributed by atoms with E-state index in [1.165, 1.54) is 16.8 Å². The topological polar surface area (TPSA) is 50.9 Å². The first kappa shape index (κ1) is 10.8. The van der Waals surface area contributed by atoms with Crippen LogP contribution >= 0.6 is 0 Å². The van der Waals surface area contributed by atoms with Crippen molar-refractivity contribution in [1.82, 2.24) is 15.0 Å². The van der Waals surface area contributed by atoms with Gasteiger partial charge in [0.2, 0.25) is 0 Å². The van der Waals surface area contributed by atoms with E-state index >= 15 is 0 Å². The van der Waals surface area contributed by atoms with Gasteiger partial charge >= 0.3 is 0 Å². The maximum absolute atomic E-state index is 13.1. The highest BCUT2D eigenvalue weighted by Gasteiger charge is 2.09. The molecule has 2 rings (SSSR count). The van der Waals surface area contributed by atoms with Crippen LogP contribution in [0.15, 0.2) is 24.4 Å². The van der Waals surface area contributed by atoms with Crippen molar-refractivity contribution in [2.75, 3.05) is 0 Å². The first-order chi connectivity index (χ1) is 7.58. The van der Waals surface area contributed by atoms with Gasteiger partial charge < -0.3 is 5.11 Å². The molecule has 1 heterocycles. The molecule has 1 aromatic carbocycles. The molecule has 1 atom stereocenters. The summed E-state index contributed by atoms with van der Waals surface area (Å²) in [6.07, 6.45) is 0.912. The molecular weight excluding hydrogens is 209 g/mol. The lowest BCUT2D eigenvalue weighted by molar-refractivity contribution is 0.194. The Bertz CT molecular complexity index is 508. The number of aliphatic hydroxyl groups is 1. The Morgan fingerprint density at radius 1 is 1.44 bits per heavy atom. The molecule has 1 unspecified atom stereocenters. The fourth-order valence-corrected chi connectivity index (χ4v) is 1.42. The van der Waals surface area contributed by atoms with Crippen LogP contribution in [0.5, 0.6) is 0 Å². The summed E-state index contributed by atoms with van der Waals surface area (Å²) in [5, 5.41) is 17.0. The summed E-state index contributed by atoms with van der Waals surface area (Å²) in [4.78, 5) is 0. The minimum absolute atomic E-state index is 0.324. The zero-order chi connectivity index (χ0) is 11.7. The van der Waals surface area contributed by atoms with Crippen LogP contribution in [0.3, 0.4) is 0 Å². The van der Waals surface area contributed by atoms with Crippen molar-refractivity contribution in [2.24, 2.45) is 0 Å². The lowest BCUT2D eigenvalue weighted by Gasteiger charge is -2.04. The Labute approximate surface area is 92.3 Å². The van der Waals surface area contributed by atoms with E-state index in [1.54, 1.807) is 19.2 Å². The van der Waals surface area contributed by atoms with Crippen LogP contribution in [-0.4, -0.2) is 20.1 Å². The van der Waals surface area contributed by atoms with E-state index in [9.17, 15) is 9.50 Å². The van der Waals surface area contributed by atoms with Gasteiger partial charge in [-0.2, -0.15) is 0 Å². The number of nitrogens with zero attached hydrogens (tertiary/aromatic N) is 3. The Morgan fingerprint density at radius 3 is 2.81 bits per heavy atom. The molecule has 0 spiro atoms. The molecule has 4 nitrogen and oxygen atoms in total. The van der Waals surface area contributed by atoms with Gasteiger partial charge in [0.25, 0.3) is 0 Å². The summed E-state index contributed by atoms with van der Waals surface area (Å²) in [5.74, 6) is -0.324. The van der Waals surface area contributed by atoms with Gasteiger partial charge in [0.1, 0.15) is 11.5 Å². The van der Waals surface area contributed by atoms with E-state index < -0.39 is 6.10 Å². The van der Waals surface area contributed by atoms with Crippen LogP contribution in [0.1, 0.15) is 24.3 Å². The predicted molar refractivity (Wildman–Crippen MR) is 56.7 cm³/mol. The third kappa shape index (κ3) is 1.94. The molecule has 0 saturated carbocycles. The molecule has 2 aromatic rings. The second kappa shape index (κ2) is 4.02. The van der Waals surface area contributed by atoms with E-state index in [0.717, 1.165) is 5.56 Å². The first-order valence-electron chi connectivity index (χ1n) is 4.95. The minimum atomic E-state index is -0.678. The molecular formula is C11H12FN3O. The number of aryl methyl sites for hydroxylation is 1. The Hall–Kier alpha value is -1.75. The van der Waals surface area contributed by atoms with Gasteiger partial charge in [0.15, 0.2) is 0 Å². The smallest absolute Gasteiger partial charge is 0.125 e. The average molecular weight is 221 g/mol. The summed E-state index contributed by atoms with van der Waals surface area (Å²) in [7, 11) is 0. The van der Waals surface area contributed by atoms with E-state index in [2.05, 4.69) is 10.3 Å². The number of hydrogen-bond donors (Lipinski definition) is 1. The molecule has 84 valence electrons. The minimum Gasteiger partial charge on any atom is -0.387 e. The van der Waals surface area contributed by atoms with Crippen LogP contribution in [-0.2, 0) is 0 Å². The molecule has 1 aromatic heterocycles. The van der Waals surface area contributed by atoms with Crippen molar-refractivity contribution in [1.29, 1.82) is 0 Å². The fraction of sp³-hybridized carbons (Fsp3) is 0.273. The van der Waals surface area contributed by atoms with Crippen molar-refractivity contribution >= 4 is 0 Å². The number of hydrogen-bond acceptors (Lipinski definition) is 3. The highest BCUT2D eigenvalue weighted by molar-refractivity contribution is 5.39. The lowest BCUT2D eigenvalue weighted by Crippen LogP contribution is -1.98. The van der Waals surface area contributed by atoms with Gasteiger partial charge in [0.05, 0.1) is 18.0 Å². The van der Waals surface area contributed by atoms with E-state index in [0.29, 0.717) is 11.4 Å². The summed E-state index contributed by atoms with van der Waals surface area (Å²) < 4.78 is 14.5. The molecule has 0 aliphatic rings. The highest BCUT2D eigenvalue weighted by atomic mass is 19.1. The summed E-state index contributed by atoms with van der Waals surface area (Å²) >= 11 is 0. The molecule has 0 radical (unpaired) electrons. The predicted octanol–water partition coefficient (Wildman–Crippen LogP) is 1.77. The first-order valence-corrected chi connectivity index (χ1v) is 4.95. The van der Waals surface area contributed by atoms with Gasteiger partial charge in [-0.1, -0.05) is 11.3 Å². The van der Waals surface area contributed by atoms with Gasteiger partial charge in [-0.3, -0.25) is 0 Å². The van der Waals surface area contributed by atoms with Crippen LogP contribution in [0.4, 0.5) is 4.39 Å². The van der Waals surface area contributed by atoms with Crippen molar-refractivity contribution in [3.63, 3.8) is 0 Å². The third-order valence-corrected chi connectivity index (χ3v) is 2.36. The Kier molecular flexibility index (Phi) is 2.70. The monoisotopic (exact) mass is 221 g/mol. The highest BCUT2D eigenvalue weighted by Crippen LogP contribution is 2.16. The molecule has 0 aliphatic carbocycles. The molecule has 16 heavy (non-hydrogen) atoms. The molecule has 0 saturated heterocycles. The van der Waals surface area contributed by atoms with Crippen molar-refractivity contribution in [3.8, 4) is 5.69 Å². The molecule has 0 bridgehead atoms. The maximum atomic E-state index is 13.1. The van der Waals surface area contributed by atoms with Gasteiger partial charge in [-0.15, -0.1) is 5.10 Å². The summed E-state index contributed by atoms with van der Waals surface area (Å²) in [6.45, 7) is 3.46. The van der Waals surface area contributed by atoms with E-state index in [1.807, 2.05) is 6.92 Å². The third-order valence-electron chi connectivity index (χ3n) is 2.36. The van der Waals surface area contributed by atoms with E-state index in [4.69, 9.17) is 0 Å². The number of aromatic nitrogens is 3. The second-order valence-electron chi connectivity index (χ2n) is 3.69. The molecule has 0 amide bonds. The van der Waals surface area contributed by atoms with Crippen molar-refractivity contribution < 1.29 is 9.50 Å². The normalized spacial score (nSPS) is 12.8. The largest absolute Gasteiger partial charge is 0.387 e. The second-order valence-corrected chi connectivity index (χ2v) is 3.69. The Balaban J connectivity index is 2.46. The van der Waals surface area contributed by atoms with Gasteiger partial charge in [-0.05, 0) is 31.5 Å². The molecule has 0 aliphatic heterocycles. The van der Waals surface area contributed by atoms with Crippen LogP contribution in [0, 0.1) is 12.7 Å². The summed E-state index contributed by atoms with van der Waals surface area (Å²) in [6, 6.07) is 4.45.